The predicted octanol–water partition coefficient (Wildman–Crippen LogP) is 1.29. The number of hydrogen-bond acceptors (Lipinski definition) is 3. The second-order valence-electron chi connectivity index (χ2n) is 5.08. The van der Waals surface area contributed by atoms with Crippen molar-refractivity contribution in [2.45, 2.75) is 39.0 Å². The Kier molecular flexibility index (Phi) is 7.21. The zero-order chi connectivity index (χ0) is 12.5. The summed E-state index contributed by atoms with van der Waals surface area (Å²) in [4.78, 5) is 11.6. The molecule has 1 unspecified atom stereocenters. The molecule has 0 radical (unpaired) electrons. The molecule has 0 aliphatic carbocycles. The summed E-state index contributed by atoms with van der Waals surface area (Å²) in [6.45, 7) is 5.36. The van der Waals surface area contributed by atoms with E-state index in [1.165, 1.54) is 0 Å². The maximum atomic E-state index is 11.6. The maximum absolute atomic E-state index is 11.6. The highest BCUT2D eigenvalue weighted by Crippen LogP contribution is 2.13. The lowest BCUT2D eigenvalue weighted by atomic mass is 9.99. The van der Waals surface area contributed by atoms with Crippen LogP contribution < -0.4 is 11.1 Å². The average Bonchev–Trinajstić information content (AvgIpc) is 2.35. The minimum Gasteiger partial charge on any atom is -0.381 e. The van der Waals surface area contributed by atoms with Crippen LogP contribution in [0.15, 0.2) is 0 Å². The van der Waals surface area contributed by atoms with E-state index in [9.17, 15) is 4.79 Å². The summed E-state index contributed by atoms with van der Waals surface area (Å²) in [5.41, 5.74) is 5.48. The van der Waals surface area contributed by atoms with Crippen LogP contribution in [0.2, 0.25) is 0 Å². The first-order chi connectivity index (χ1) is 8.22. The summed E-state index contributed by atoms with van der Waals surface area (Å²) >= 11 is 0. The fourth-order valence-electron chi connectivity index (χ4n) is 2.10. The molecular formula is C13H26N2O2. The summed E-state index contributed by atoms with van der Waals surface area (Å²) in [6, 6.07) is 0. The van der Waals surface area contributed by atoms with Gasteiger partial charge in [0.2, 0.25) is 5.91 Å². The van der Waals surface area contributed by atoms with Gasteiger partial charge in [-0.25, -0.2) is 0 Å². The Morgan fingerprint density at radius 2 is 2.12 bits per heavy atom. The van der Waals surface area contributed by atoms with Crippen molar-refractivity contribution in [2.24, 2.45) is 17.6 Å². The van der Waals surface area contributed by atoms with Gasteiger partial charge in [-0.05, 0) is 44.1 Å². The third-order valence-corrected chi connectivity index (χ3v) is 3.45. The van der Waals surface area contributed by atoms with E-state index in [1.54, 1.807) is 0 Å². The monoisotopic (exact) mass is 242 g/mol. The first-order valence-corrected chi connectivity index (χ1v) is 6.77. The highest BCUT2D eigenvalue weighted by molar-refractivity contribution is 5.75. The van der Waals surface area contributed by atoms with Crippen LogP contribution in [0.3, 0.4) is 0 Å². The highest BCUT2D eigenvalue weighted by atomic mass is 16.5. The van der Waals surface area contributed by atoms with Crippen molar-refractivity contribution >= 4 is 5.91 Å². The van der Waals surface area contributed by atoms with E-state index >= 15 is 0 Å². The Morgan fingerprint density at radius 1 is 1.41 bits per heavy atom. The fraction of sp³-hybridized carbons (Fsp3) is 0.923. The summed E-state index contributed by atoms with van der Waals surface area (Å²) in [6.07, 6.45) is 4.72. The third-order valence-electron chi connectivity index (χ3n) is 3.45. The molecule has 1 amide bonds. The van der Waals surface area contributed by atoms with E-state index < -0.39 is 0 Å². The molecule has 4 heteroatoms. The molecule has 0 spiro atoms. The van der Waals surface area contributed by atoms with Crippen molar-refractivity contribution in [3.8, 4) is 0 Å². The molecule has 1 rings (SSSR count). The number of carbonyl (C=O) groups is 1. The van der Waals surface area contributed by atoms with Crippen molar-refractivity contribution in [3.05, 3.63) is 0 Å². The SMILES string of the molecule is CC(CCN)CCC(=O)NCC1CCOCC1. The van der Waals surface area contributed by atoms with E-state index in [4.69, 9.17) is 10.5 Å². The number of amides is 1. The standard InChI is InChI=1S/C13H26N2O2/c1-11(4-7-14)2-3-13(16)15-10-12-5-8-17-9-6-12/h11-12H,2-10,14H2,1H3,(H,15,16). The molecule has 1 fully saturated rings. The predicted molar refractivity (Wildman–Crippen MR) is 68.6 cm³/mol. The summed E-state index contributed by atoms with van der Waals surface area (Å²) in [5, 5.41) is 3.02. The second kappa shape index (κ2) is 8.48. The number of carbonyl (C=O) groups excluding carboxylic acids is 1. The molecule has 1 aliphatic heterocycles. The zero-order valence-corrected chi connectivity index (χ0v) is 10.9. The van der Waals surface area contributed by atoms with Gasteiger partial charge >= 0.3 is 0 Å². The van der Waals surface area contributed by atoms with Crippen molar-refractivity contribution in [1.29, 1.82) is 0 Å². The van der Waals surface area contributed by atoms with Gasteiger partial charge in [-0.15, -0.1) is 0 Å². The van der Waals surface area contributed by atoms with Crippen LogP contribution in [0, 0.1) is 11.8 Å². The smallest absolute Gasteiger partial charge is 0.220 e. The van der Waals surface area contributed by atoms with Crippen LogP contribution in [0.25, 0.3) is 0 Å². The van der Waals surface area contributed by atoms with Crippen molar-refractivity contribution < 1.29 is 9.53 Å². The molecular weight excluding hydrogens is 216 g/mol. The lowest BCUT2D eigenvalue weighted by molar-refractivity contribution is -0.121. The quantitative estimate of drug-likeness (QED) is 0.707. The fourth-order valence-corrected chi connectivity index (χ4v) is 2.10. The molecule has 0 aromatic heterocycles. The van der Waals surface area contributed by atoms with Crippen LogP contribution in [-0.4, -0.2) is 32.2 Å². The van der Waals surface area contributed by atoms with Gasteiger partial charge in [0.15, 0.2) is 0 Å². The van der Waals surface area contributed by atoms with Crippen LogP contribution >= 0.6 is 0 Å². The zero-order valence-electron chi connectivity index (χ0n) is 10.9. The second-order valence-corrected chi connectivity index (χ2v) is 5.08. The minimum atomic E-state index is 0.181. The van der Waals surface area contributed by atoms with Gasteiger partial charge in [-0.1, -0.05) is 6.92 Å². The number of ether oxygens (including phenoxy) is 1. The van der Waals surface area contributed by atoms with Gasteiger partial charge in [0.05, 0.1) is 0 Å². The Balaban J connectivity index is 2.04. The summed E-state index contributed by atoms with van der Waals surface area (Å²) < 4.78 is 5.29. The number of hydrogen-bond donors (Lipinski definition) is 2. The average molecular weight is 242 g/mol. The Morgan fingerprint density at radius 3 is 2.76 bits per heavy atom. The molecule has 1 heterocycles. The number of nitrogens with two attached hydrogens (primary N) is 1. The van der Waals surface area contributed by atoms with Crippen LogP contribution in [0.1, 0.15) is 39.0 Å². The first-order valence-electron chi connectivity index (χ1n) is 6.77. The van der Waals surface area contributed by atoms with E-state index in [-0.39, 0.29) is 5.91 Å². The summed E-state index contributed by atoms with van der Waals surface area (Å²) in [5.74, 6) is 1.34. The van der Waals surface area contributed by atoms with Gasteiger partial charge in [-0.2, -0.15) is 0 Å². The van der Waals surface area contributed by atoms with E-state index in [0.29, 0.717) is 24.8 Å². The van der Waals surface area contributed by atoms with Crippen LogP contribution in [0.4, 0.5) is 0 Å². The maximum Gasteiger partial charge on any atom is 0.220 e. The van der Waals surface area contributed by atoms with Gasteiger partial charge < -0.3 is 15.8 Å². The molecule has 0 bridgehead atoms. The van der Waals surface area contributed by atoms with Crippen LogP contribution in [0.5, 0.6) is 0 Å². The largest absolute Gasteiger partial charge is 0.381 e. The molecule has 0 saturated carbocycles. The molecule has 1 saturated heterocycles. The van der Waals surface area contributed by atoms with Gasteiger partial charge in [0, 0.05) is 26.2 Å². The topological polar surface area (TPSA) is 64.4 Å². The van der Waals surface area contributed by atoms with Gasteiger partial charge in [-0.3, -0.25) is 4.79 Å². The molecule has 4 nitrogen and oxygen atoms in total. The minimum absolute atomic E-state index is 0.181. The van der Waals surface area contributed by atoms with Gasteiger partial charge in [0.1, 0.15) is 0 Å². The summed E-state index contributed by atoms with van der Waals surface area (Å²) in [7, 11) is 0. The third kappa shape index (κ3) is 6.64. The van der Waals surface area contributed by atoms with E-state index in [0.717, 1.165) is 45.4 Å². The Labute approximate surface area is 104 Å². The molecule has 0 aromatic rings. The first kappa shape index (κ1) is 14.5. The van der Waals surface area contributed by atoms with E-state index in [2.05, 4.69) is 12.2 Å². The highest BCUT2D eigenvalue weighted by Gasteiger charge is 2.14. The van der Waals surface area contributed by atoms with Crippen molar-refractivity contribution in [1.82, 2.24) is 5.32 Å². The number of rotatable bonds is 7. The molecule has 100 valence electrons. The molecule has 3 N–H and O–H groups in total. The lowest BCUT2D eigenvalue weighted by Crippen LogP contribution is -2.32. The normalized spacial score (nSPS) is 18.9. The molecule has 1 aliphatic rings. The van der Waals surface area contributed by atoms with E-state index in [1.807, 2.05) is 0 Å². The Bertz CT molecular complexity index is 215. The molecule has 1 atom stereocenters. The Hall–Kier alpha value is -0.610. The number of nitrogens with one attached hydrogen (secondary N) is 1. The van der Waals surface area contributed by atoms with Gasteiger partial charge in [0.25, 0.3) is 0 Å². The van der Waals surface area contributed by atoms with Crippen molar-refractivity contribution in [3.63, 3.8) is 0 Å². The molecule has 17 heavy (non-hydrogen) atoms. The van der Waals surface area contributed by atoms with Crippen molar-refractivity contribution in [2.75, 3.05) is 26.3 Å². The molecule has 0 aromatic carbocycles. The lowest BCUT2D eigenvalue weighted by Gasteiger charge is -2.22. The van der Waals surface area contributed by atoms with Crippen LogP contribution in [-0.2, 0) is 9.53 Å².